The number of hydrogen-bond donors (Lipinski definition) is 1. The lowest BCUT2D eigenvalue weighted by Crippen LogP contribution is -2.16. The van der Waals surface area contributed by atoms with E-state index < -0.39 is 10.8 Å². The number of nitro groups is 1. The van der Waals surface area contributed by atoms with Gasteiger partial charge in [0.25, 0.3) is 5.91 Å². The van der Waals surface area contributed by atoms with E-state index in [1.807, 2.05) is 31.2 Å². The summed E-state index contributed by atoms with van der Waals surface area (Å²) in [6, 6.07) is 7.87. The molecule has 0 unspecified atom stereocenters. The van der Waals surface area contributed by atoms with Crippen LogP contribution >= 0.6 is 0 Å². The molecule has 1 amide bonds. The zero-order valence-corrected chi connectivity index (χ0v) is 14.5. The number of nitrogens with one attached hydrogen (secondary N) is 1. The summed E-state index contributed by atoms with van der Waals surface area (Å²) in [5.41, 5.74) is 1.88. The fourth-order valence-electron chi connectivity index (χ4n) is 2.52. The lowest BCUT2D eigenvalue weighted by Gasteiger charge is -2.04. The molecule has 10 nitrogen and oxygen atoms in total. The molecule has 0 aliphatic carbocycles. The van der Waals surface area contributed by atoms with Gasteiger partial charge in [0.2, 0.25) is 11.6 Å². The molecule has 2 aromatic heterocycles. The first kappa shape index (κ1) is 17.3. The van der Waals surface area contributed by atoms with Gasteiger partial charge in [0.1, 0.15) is 12.0 Å². The Kier molecular flexibility index (Phi) is 4.48. The fraction of sp³-hybridized carbons (Fsp3) is 0.250. The lowest BCUT2D eigenvalue weighted by atomic mass is 10.1. The van der Waals surface area contributed by atoms with Crippen molar-refractivity contribution in [2.45, 2.75) is 20.4 Å². The molecule has 0 aliphatic heterocycles. The molecule has 1 N–H and O–H groups in total. The minimum absolute atomic E-state index is 0.0567. The van der Waals surface area contributed by atoms with E-state index >= 15 is 0 Å². The predicted octanol–water partition coefficient (Wildman–Crippen LogP) is 1.84. The molecule has 1 aromatic carbocycles. The van der Waals surface area contributed by atoms with Gasteiger partial charge in [-0.05, 0) is 25.0 Å². The van der Waals surface area contributed by atoms with Crippen molar-refractivity contribution in [3.63, 3.8) is 0 Å². The van der Waals surface area contributed by atoms with Crippen molar-refractivity contribution in [2.24, 2.45) is 7.05 Å². The van der Waals surface area contributed by atoms with Crippen LogP contribution in [0.15, 0.2) is 30.6 Å². The van der Waals surface area contributed by atoms with Crippen LogP contribution in [0.5, 0.6) is 0 Å². The molecule has 0 saturated heterocycles. The number of carbonyl (C=O) groups is 1. The summed E-state index contributed by atoms with van der Waals surface area (Å²) >= 11 is 0. The molecule has 134 valence electrons. The van der Waals surface area contributed by atoms with Crippen LogP contribution in [0.1, 0.15) is 27.3 Å². The van der Waals surface area contributed by atoms with Gasteiger partial charge in [-0.1, -0.05) is 24.3 Å². The Labute approximate surface area is 148 Å². The predicted molar refractivity (Wildman–Crippen MR) is 92.9 cm³/mol. The Balaban J connectivity index is 1.78. The third-order valence-corrected chi connectivity index (χ3v) is 4.06. The number of amides is 1. The van der Waals surface area contributed by atoms with Gasteiger partial charge < -0.3 is 0 Å². The highest BCUT2D eigenvalue weighted by Gasteiger charge is 2.29. The molecule has 0 bridgehead atoms. The molecule has 0 fully saturated rings. The van der Waals surface area contributed by atoms with E-state index in [4.69, 9.17) is 0 Å². The van der Waals surface area contributed by atoms with Crippen LogP contribution in [0.2, 0.25) is 0 Å². The number of anilines is 1. The molecule has 2 heterocycles. The van der Waals surface area contributed by atoms with Gasteiger partial charge in [-0.2, -0.15) is 5.10 Å². The van der Waals surface area contributed by atoms with E-state index in [9.17, 15) is 14.9 Å². The number of hydrogen-bond acceptors (Lipinski definition) is 6. The smallest absolute Gasteiger partial charge is 0.287 e. The van der Waals surface area contributed by atoms with Crippen molar-refractivity contribution in [3.05, 3.63) is 63.2 Å². The second-order valence-corrected chi connectivity index (χ2v) is 5.81. The highest BCUT2D eigenvalue weighted by molar-refractivity contribution is 6.04. The van der Waals surface area contributed by atoms with Crippen LogP contribution in [0.25, 0.3) is 0 Å². The average molecular weight is 355 g/mol. The van der Waals surface area contributed by atoms with Crippen molar-refractivity contribution >= 4 is 17.5 Å². The molecule has 3 aromatic rings. The van der Waals surface area contributed by atoms with Crippen molar-refractivity contribution in [1.82, 2.24) is 24.5 Å². The summed E-state index contributed by atoms with van der Waals surface area (Å²) in [6.07, 6.45) is 1.49. The number of aryl methyl sites for hydroxylation is 2. The van der Waals surface area contributed by atoms with E-state index in [0.717, 1.165) is 11.1 Å². The second kappa shape index (κ2) is 6.75. The van der Waals surface area contributed by atoms with E-state index in [1.165, 1.54) is 25.0 Å². The molecule has 0 atom stereocenters. The minimum atomic E-state index is -0.728. The van der Waals surface area contributed by atoms with Gasteiger partial charge in [-0.15, -0.1) is 5.10 Å². The molecule has 10 heteroatoms. The Morgan fingerprint density at radius 3 is 2.69 bits per heavy atom. The Morgan fingerprint density at radius 1 is 1.27 bits per heavy atom. The molecule has 0 radical (unpaired) electrons. The number of rotatable bonds is 5. The van der Waals surface area contributed by atoms with Crippen LogP contribution in [-0.2, 0) is 13.6 Å². The third kappa shape index (κ3) is 3.29. The quantitative estimate of drug-likeness (QED) is 0.550. The standard InChI is InChI=1S/C16H17N7O3/c1-10-6-4-5-7-12(10)8-22-9-17-16(20-22)18-15(24)13-14(23(25)26)11(2)21(3)19-13/h4-7,9H,8H2,1-3H3,(H,18,20,24). The number of aromatic nitrogens is 5. The first-order valence-electron chi connectivity index (χ1n) is 7.80. The summed E-state index contributed by atoms with van der Waals surface area (Å²) < 4.78 is 2.87. The highest BCUT2D eigenvalue weighted by Crippen LogP contribution is 2.22. The molecular formula is C16H17N7O3. The first-order valence-corrected chi connectivity index (χ1v) is 7.80. The maximum atomic E-state index is 12.3. The van der Waals surface area contributed by atoms with Gasteiger partial charge in [0, 0.05) is 7.05 Å². The Morgan fingerprint density at radius 2 is 2.00 bits per heavy atom. The summed E-state index contributed by atoms with van der Waals surface area (Å²) in [5.74, 6) is -0.671. The largest absolute Gasteiger partial charge is 0.322 e. The summed E-state index contributed by atoms with van der Waals surface area (Å²) in [4.78, 5) is 26.9. The minimum Gasteiger partial charge on any atom is -0.287 e. The van der Waals surface area contributed by atoms with Crippen LogP contribution in [0.3, 0.4) is 0 Å². The molecule has 0 spiro atoms. The number of benzene rings is 1. The highest BCUT2D eigenvalue weighted by atomic mass is 16.6. The van der Waals surface area contributed by atoms with Gasteiger partial charge in [0.05, 0.1) is 11.5 Å². The van der Waals surface area contributed by atoms with Crippen molar-refractivity contribution < 1.29 is 9.72 Å². The van der Waals surface area contributed by atoms with Crippen LogP contribution in [-0.4, -0.2) is 35.4 Å². The SMILES string of the molecule is Cc1ccccc1Cn1cnc(NC(=O)c2nn(C)c(C)c2[N+](=O)[O-])n1. The van der Waals surface area contributed by atoms with Crippen molar-refractivity contribution in [3.8, 4) is 0 Å². The van der Waals surface area contributed by atoms with E-state index in [0.29, 0.717) is 6.54 Å². The van der Waals surface area contributed by atoms with Gasteiger partial charge in [0.15, 0.2) is 0 Å². The Bertz CT molecular complexity index is 990. The number of carbonyl (C=O) groups excluding carboxylic acids is 1. The van der Waals surface area contributed by atoms with E-state index in [-0.39, 0.29) is 23.0 Å². The topological polar surface area (TPSA) is 121 Å². The van der Waals surface area contributed by atoms with Crippen LogP contribution in [0, 0.1) is 24.0 Å². The molecule has 26 heavy (non-hydrogen) atoms. The zero-order chi connectivity index (χ0) is 18.8. The van der Waals surface area contributed by atoms with Crippen molar-refractivity contribution in [2.75, 3.05) is 5.32 Å². The van der Waals surface area contributed by atoms with Gasteiger partial charge in [-0.25, -0.2) is 9.67 Å². The second-order valence-electron chi connectivity index (χ2n) is 5.81. The maximum absolute atomic E-state index is 12.3. The molecule has 0 saturated carbocycles. The summed E-state index contributed by atoms with van der Waals surface area (Å²) in [6.45, 7) is 4.02. The van der Waals surface area contributed by atoms with Gasteiger partial charge in [-0.3, -0.25) is 24.9 Å². The van der Waals surface area contributed by atoms with Crippen molar-refractivity contribution in [1.29, 1.82) is 0 Å². The molecule has 0 aliphatic rings. The monoisotopic (exact) mass is 355 g/mol. The zero-order valence-electron chi connectivity index (χ0n) is 14.5. The fourth-order valence-corrected chi connectivity index (χ4v) is 2.52. The molecular weight excluding hydrogens is 338 g/mol. The van der Waals surface area contributed by atoms with E-state index in [1.54, 1.807) is 4.68 Å². The van der Waals surface area contributed by atoms with Crippen LogP contribution < -0.4 is 5.32 Å². The van der Waals surface area contributed by atoms with Gasteiger partial charge >= 0.3 is 5.69 Å². The summed E-state index contributed by atoms with van der Waals surface area (Å²) in [7, 11) is 1.54. The van der Waals surface area contributed by atoms with E-state index in [2.05, 4.69) is 20.5 Å². The summed E-state index contributed by atoms with van der Waals surface area (Å²) in [5, 5.41) is 21.7. The normalized spacial score (nSPS) is 10.7. The van der Waals surface area contributed by atoms with Crippen LogP contribution in [0.4, 0.5) is 11.6 Å². The Hall–Kier alpha value is -3.56. The average Bonchev–Trinajstić information content (AvgIpc) is 3.14. The first-order chi connectivity index (χ1) is 12.4. The lowest BCUT2D eigenvalue weighted by molar-refractivity contribution is -0.385. The maximum Gasteiger partial charge on any atom is 0.322 e. The third-order valence-electron chi connectivity index (χ3n) is 4.06. The molecule has 3 rings (SSSR count). The number of nitrogens with zero attached hydrogens (tertiary/aromatic N) is 6.